The van der Waals surface area contributed by atoms with Crippen molar-refractivity contribution in [2.24, 2.45) is 0 Å². The number of amides is 1. The molecule has 0 bridgehead atoms. The minimum atomic E-state index is -0.368. The molecule has 0 radical (unpaired) electrons. The third-order valence-corrected chi connectivity index (χ3v) is 5.78. The Morgan fingerprint density at radius 3 is 2.87 bits per heavy atom. The number of nitrogens with one attached hydrogen (secondary N) is 1. The number of carbonyl (C=O) groups excluding carboxylic acids is 1. The van der Waals surface area contributed by atoms with Gasteiger partial charge in [0.05, 0.1) is 26.7 Å². The summed E-state index contributed by atoms with van der Waals surface area (Å²) in [5, 5.41) is 11.9. The Hall–Kier alpha value is -3.80. The number of aromatic amines is 1. The highest BCUT2D eigenvalue weighted by Gasteiger charge is 2.33. The fourth-order valence-electron chi connectivity index (χ4n) is 4.18. The molecule has 0 spiro atoms. The Morgan fingerprint density at radius 2 is 2.16 bits per heavy atom. The Bertz CT molecular complexity index is 1250. The van der Waals surface area contributed by atoms with Gasteiger partial charge in [0.25, 0.3) is 5.56 Å². The molecule has 1 aliphatic heterocycles. The second-order valence-corrected chi connectivity index (χ2v) is 7.47. The van der Waals surface area contributed by atoms with Crippen LogP contribution >= 0.6 is 0 Å². The number of aryl methyl sites for hydroxylation is 1. The average Bonchev–Trinajstić information content (AvgIpc) is 3.43. The first kappa shape index (κ1) is 20.5. The molecule has 1 fully saturated rings. The van der Waals surface area contributed by atoms with Crippen molar-refractivity contribution in [1.29, 1.82) is 5.26 Å². The minimum absolute atomic E-state index is 0.0652. The Labute approximate surface area is 178 Å². The molecule has 31 heavy (non-hydrogen) atoms. The first-order valence-electron chi connectivity index (χ1n) is 9.99. The molecule has 0 aliphatic carbocycles. The maximum Gasteiger partial charge on any atom is 0.276 e. The summed E-state index contributed by atoms with van der Waals surface area (Å²) in [7, 11) is 3.20. The van der Waals surface area contributed by atoms with Gasteiger partial charge >= 0.3 is 0 Å². The number of fused-ring (bicyclic) bond motifs is 1. The van der Waals surface area contributed by atoms with Crippen molar-refractivity contribution in [3.63, 3.8) is 0 Å². The zero-order valence-corrected chi connectivity index (χ0v) is 17.6. The number of rotatable bonds is 5. The van der Waals surface area contributed by atoms with Gasteiger partial charge in [0.2, 0.25) is 5.91 Å². The molecular weight excluding hydrogens is 398 g/mol. The van der Waals surface area contributed by atoms with E-state index in [1.165, 1.54) is 10.7 Å². The van der Waals surface area contributed by atoms with Crippen molar-refractivity contribution >= 4 is 11.6 Å². The van der Waals surface area contributed by atoms with Crippen LogP contribution in [0.15, 0.2) is 29.2 Å². The quantitative estimate of drug-likeness (QED) is 0.675. The van der Waals surface area contributed by atoms with E-state index in [1.807, 2.05) is 24.3 Å². The zero-order valence-electron chi connectivity index (χ0n) is 17.6. The summed E-state index contributed by atoms with van der Waals surface area (Å²) in [6.07, 6.45) is 3.02. The van der Waals surface area contributed by atoms with Gasteiger partial charge in [-0.1, -0.05) is 0 Å². The number of ether oxygens (including phenoxy) is 2. The lowest BCUT2D eigenvalue weighted by molar-refractivity contribution is -0.131. The van der Waals surface area contributed by atoms with Crippen LogP contribution in [-0.4, -0.2) is 46.2 Å². The molecule has 3 aromatic rings. The van der Waals surface area contributed by atoms with Crippen molar-refractivity contribution in [1.82, 2.24) is 19.5 Å². The molecule has 4 rings (SSSR count). The first-order valence-corrected chi connectivity index (χ1v) is 9.99. The van der Waals surface area contributed by atoms with Crippen LogP contribution in [0.2, 0.25) is 0 Å². The molecule has 0 saturated carbocycles. The SMILES string of the molecule is COc1ccc(OC)c([C@H]2CCCN2C(=O)Cc2c(C)nc3c(C#N)c[nH]n3c2=O)c1. The minimum Gasteiger partial charge on any atom is -0.497 e. The van der Waals surface area contributed by atoms with Crippen LogP contribution < -0.4 is 15.0 Å². The van der Waals surface area contributed by atoms with Crippen molar-refractivity contribution in [2.45, 2.75) is 32.2 Å². The lowest BCUT2D eigenvalue weighted by atomic mass is 10.0. The fraction of sp³-hybridized carbons (Fsp3) is 0.364. The van der Waals surface area contributed by atoms with E-state index in [2.05, 4.69) is 10.1 Å². The first-order chi connectivity index (χ1) is 15.0. The Kier molecular flexibility index (Phi) is 5.38. The van der Waals surface area contributed by atoms with Crippen LogP contribution in [0.4, 0.5) is 0 Å². The number of likely N-dealkylation sites (tertiary alicyclic amines) is 1. The van der Waals surface area contributed by atoms with E-state index in [0.29, 0.717) is 29.3 Å². The normalized spacial score (nSPS) is 15.8. The van der Waals surface area contributed by atoms with E-state index in [9.17, 15) is 14.9 Å². The van der Waals surface area contributed by atoms with Gasteiger partial charge in [0.15, 0.2) is 5.65 Å². The van der Waals surface area contributed by atoms with Gasteiger partial charge in [-0.25, -0.2) is 9.50 Å². The number of hydrogen-bond acceptors (Lipinski definition) is 6. The standard InChI is InChI=1S/C22H23N5O4/c1-13-16(22(29)27-21(25-13)14(11-23)12-24-27)10-20(28)26-8-4-5-18(26)17-9-15(30-2)6-7-19(17)31-3/h6-7,9,12,18,24H,4-5,8,10H2,1-3H3/t18-/m1/s1. The van der Waals surface area contributed by atoms with E-state index in [-0.39, 0.29) is 35.1 Å². The highest BCUT2D eigenvalue weighted by molar-refractivity contribution is 5.80. The van der Waals surface area contributed by atoms with E-state index in [4.69, 9.17) is 9.47 Å². The molecule has 2 aromatic heterocycles. The van der Waals surface area contributed by atoms with Crippen molar-refractivity contribution in [2.75, 3.05) is 20.8 Å². The number of benzene rings is 1. The van der Waals surface area contributed by atoms with E-state index in [1.54, 1.807) is 26.0 Å². The zero-order chi connectivity index (χ0) is 22.1. The third-order valence-electron chi connectivity index (χ3n) is 5.78. The molecule has 9 nitrogen and oxygen atoms in total. The summed E-state index contributed by atoms with van der Waals surface area (Å²) in [6.45, 7) is 2.28. The topological polar surface area (TPSA) is 113 Å². The average molecular weight is 421 g/mol. The number of carbonyl (C=O) groups is 1. The maximum atomic E-state index is 13.3. The van der Waals surface area contributed by atoms with Crippen LogP contribution in [-0.2, 0) is 11.2 Å². The molecule has 0 unspecified atom stereocenters. The van der Waals surface area contributed by atoms with Crippen LogP contribution in [0.3, 0.4) is 0 Å². The highest BCUT2D eigenvalue weighted by atomic mass is 16.5. The van der Waals surface area contributed by atoms with Crippen LogP contribution in [0.1, 0.15) is 41.3 Å². The van der Waals surface area contributed by atoms with Gasteiger partial charge in [-0.2, -0.15) is 5.26 Å². The van der Waals surface area contributed by atoms with Gasteiger partial charge in [-0.05, 0) is 38.0 Å². The number of H-pyrrole nitrogens is 1. The Morgan fingerprint density at radius 1 is 1.35 bits per heavy atom. The summed E-state index contributed by atoms with van der Waals surface area (Å²) in [5.41, 5.74) is 1.83. The molecule has 3 heterocycles. The summed E-state index contributed by atoms with van der Waals surface area (Å²) in [6, 6.07) is 7.39. The Balaban J connectivity index is 1.66. The summed E-state index contributed by atoms with van der Waals surface area (Å²) < 4.78 is 12.1. The van der Waals surface area contributed by atoms with Crippen LogP contribution in [0.25, 0.3) is 5.65 Å². The maximum absolute atomic E-state index is 13.3. The molecule has 1 saturated heterocycles. The molecule has 1 aliphatic rings. The highest BCUT2D eigenvalue weighted by Crippen LogP contribution is 2.39. The number of hydrogen-bond donors (Lipinski definition) is 1. The van der Waals surface area contributed by atoms with Gasteiger partial charge in [-0.15, -0.1) is 0 Å². The molecule has 1 atom stereocenters. The van der Waals surface area contributed by atoms with Gasteiger partial charge in [-0.3, -0.25) is 14.7 Å². The van der Waals surface area contributed by atoms with E-state index < -0.39 is 0 Å². The lowest BCUT2D eigenvalue weighted by Crippen LogP contribution is -2.34. The number of nitrogens with zero attached hydrogens (tertiary/aromatic N) is 4. The summed E-state index contributed by atoms with van der Waals surface area (Å²) in [4.78, 5) is 32.4. The van der Waals surface area contributed by atoms with Gasteiger partial charge < -0.3 is 14.4 Å². The molecule has 160 valence electrons. The molecule has 1 amide bonds. The molecule has 1 aromatic carbocycles. The largest absolute Gasteiger partial charge is 0.497 e. The van der Waals surface area contributed by atoms with Crippen molar-refractivity contribution in [3.8, 4) is 17.6 Å². The predicted molar refractivity (Wildman–Crippen MR) is 112 cm³/mol. The number of nitriles is 1. The van der Waals surface area contributed by atoms with Crippen molar-refractivity contribution < 1.29 is 14.3 Å². The summed E-state index contributed by atoms with van der Waals surface area (Å²) >= 11 is 0. The molecule has 9 heteroatoms. The lowest BCUT2D eigenvalue weighted by Gasteiger charge is -2.27. The third kappa shape index (κ3) is 3.50. The fourth-order valence-corrected chi connectivity index (χ4v) is 4.18. The van der Waals surface area contributed by atoms with Gasteiger partial charge in [0, 0.05) is 29.6 Å². The predicted octanol–water partition coefficient (Wildman–Crippen LogP) is 2.13. The van der Waals surface area contributed by atoms with E-state index in [0.717, 1.165) is 18.4 Å². The van der Waals surface area contributed by atoms with Crippen LogP contribution in [0, 0.1) is 18.3 Å². The van der Waals surface area contributed by atoms with E-state index >= 15 is 0 Å². The second-order valence-electron chi connectivity index (χ2n) is 7.47. The molecule has 1 N–H and O–H groups in total. The monoisotopic (exact) mass is 421 g/mol. The second kappa shape index (κ2) is 8.14. The number of aromatic nitrogens is 3. The summed E-state index contributed by atoms with van der Waals surface area (Å²) in [5.74, 6) is 1.24. The smallest absolute Gasteiger partial charge is 0.276 e. The van der Waals surface area contributed by atoms with Gasteiger partial charge in [0.1, 0.15) is 23.1 Å². The van der Waals surface area contributed by atoms with Crippen molar-refractivity contribution in [3.05, 3.63) is 57.1 Å². The number of methoxy groups -OCH3 is 2. The molecular formula is C22H23N5O4. The van der Waals surface area contributed by atoms with Crippen LogP contribution in [0.5, 0.6) is 11.5 Å².